The minimum atomic E-state index is -3.79. The lowest BCUT2D eigenvalue weighted by Crippen LogP contribution is -2.13. The van der Waals surface area contributed by atoms with Gasteiger partial charge < -0.3 is 14.2 Å². The molecule has 0 amide bonds. The molecule has 0 atom stereocenters. The summed E-state index contributed by atoms with van der Waals surface area (Å²) in [5.41, 5.74) is 0.521. The van der Waals surface area contributed by atoms with Crippen molar-refractivity contribution in [2.24, 2.45) is 0 Å². The van der Waals surface area contributed by atoms with E-state index in [0.717, 1.165) is 0 Å². The van der Waals surface area contributed by atoms with Gasteiger partial charge in [0.05, 0.1) is 24.2 Å². The molecule has 0 saturated heterocycles. The minimum absolute atomic E-state index is 0.0788. The number of esters is 1. The Labute approximate surface area is 146 Å². The van der Waals surface area contributed by atoms with Crippen molar-refractivity contribution in [1.29, 1.82) is 0 Å². The summed E-state index contributed by atoms with van der Waals surface area (Å²) in [6.45, 7) is 0.819. The first-order valence-electron chi connectivity index (χ1n) is 7.39. The summed E-state index contributed by atoms with van der Waals surface area (Å²) in [5.74, 6) is 0.00213. The van der Waals surface area contributed by atoms with Crippen molar-refractivity contribution in [3.63, 3.8) is 0 Å². The van der Waals surface area contributed by atoms with Crippen molar-refractivity contribution in [3.8, 4) is 5.75 Å². The largest absolute Gasteiger partial charge is 0.491 e. The van der Waals surface area contributed by atoms with E-state index in [0.29, 0.717) is 19.0 Å². The monoisotopic (exact) mass is 365 g/mol. The first-order chi connectivity index (χ1) is 12.0. The van der Waals surface area contributed by atoms with Crippen molar-refractivity contribution >= 4 is 21.7 Å². The zero-order valence-corrected chi connectivity index (χ0v) is 14.7. The maximum absolute atomic E-state index is 12.4. The zero-order valence-electron chi connectivity index (χ0n) is 13.9. The molecule has 25 heavy (non-hydrogen) atoms. The van der Waals surface area contributed by atoms with Gasteiger partial charge in [-0.05, 0) is 42.5 Å². The predicted molar refractivity (Wildman–Crippen MR) is 92.4 cm³/mol. The maximum Gasteiger partial charge on any atom is 0.337 e. The van der Waals surface area contributed by atoms with E-state index in [9.17, 15) is 13.2 Å². The van der Waals surface area contributed by atoms with Gasteiger partial charge in [-0.15, -0.1) is 0 Å². The molecule has 7 nitrogen and oxygen atoms in total. The van der Waals surface area contributed by atoms with Crippen LogP contribution >= 0.6 is 0 Å². The Hall–Kier alpha value is -2.58. The van der Waals surface area contributed by atoms with Crippen LogP contribution in [0.5, 0.6) is 5.75 Å². The van der Waals surface area contributed by atoms with Crippen LogP contribution < -0.4 is 9.46 Å². The number of benzene rings is 2. The van der Waals surface area contributed by atoms with Gasteiger partial charge in [-0.25, -0.2) is 13.2 Å². The van der Waals surface area contributed by atoms with E-state index < -0.39 is 16.0 Å². The molecular formula is C17H19NO6S. The Kier molecular flexibility index (Phi) is 6.37. The Bertz CT molecular complexity index is 817. The summed E-state index contributed by atoms with van der Waals surface area (Å²) in [5, 5.41) is 0. The number of nitrogens with one attached hydrogen (secondary N) is 1. The molecule has 2 aromatic rings. The predicted octanol–water partition coefficient (Wildman–Crippen LogP) is 2.30. The molecule has 2 aromatic carbocycles. The van der Waals surface area contributed by atoms with Gasteiger partial charge in [0.1, 0.15) is 12.4 Å². The van der Waals surface area contributed by atoms with Gasteiger partial charge >= 0.3 is 5.97 Å². The second kappa shape index (κ2) is 8.50. The molecule has 0 unspecified atom stereocenters. The third-order valence-corrected chi connectivity index (χ3v) is 4.62. The van der Waals surface area contributed by atoms with Gasteiger partial charge in [-0.1, -0.05) is 6.07 Å². The smallest absolute Gasteiger partial charge is 0.337 e. The zero-order chi connectivity index (χ0) is 18.3. The second-order valence-corrected chi connectivity index (χ2v) is 6.67. The van der Waals surface area contributed by atoms with Crippen molar-refractivity contribution in [1.82, 2.24) is 0 Å². The van der Waals surface area contributed by atoms with Gasteiger partial charge in [-0.3, -0.25) is 4.72 Å². The number of methoxy groups -OCH3 is 2. The third kappa shape index (κ3) is 5.20. The van der Waals surface area contributed by atoms with Crippen LogP contribution in [0, 0.1) is 0 Å². The van der Waals surface area contributed by atoms with Crippen LogP contribution in [0.25, 0.3) is 0 Å². The molecule has 0 spiro atoms. The fourth-order valence-electron chi connectivity index (χ4n) is 2.00. The van der Waals surface area contributed by atoms with Crippen molar-refractivity contribution < 1.29 is 27.4 Å². The summed E-state index contributed by atoms with van der Waals surface area (Å²) in [4.78, 5) is 11.6. The van der Waals surface area contributed by atoms with Crippen LogP contribution in [-0.2, 0) is 19.5 Å². The fourth-order valence-corrected chi connectivity index (χ4v) is 3.05. The molecule has 1 N–H and O–H groups in total. The molecule has 0 radical (unpaired) electrons. The molecule has 0 fully saturated rings. The van der Waals surface area contributed by atoms with Gasteiger partial charge in [0.15, 0.2) is 0 Å². The standard InChI is InChI=1S/C17H19NO6S/c1-22-10-11-24-15-6-8-16(9-7-15)25(20,21)18-14-5-3-4-13(12-14)17(19)23-2/h3-9,12,18H,10-11H2,1-2H3. The number of carbonyl (C=O) groups excluding carboxylic acids is 1. The summed E-state index contributed by atoms with van der Waals surface area (Å²) >= 11 is 0. The SMILES string of the molecule is COCCOc1ccc(S(=O)(=O)Nc2cccc(C(=O)OC)c2)cc1. The van der Waals surface area contributed by atoms with Crippen LogP contribution in [0.15, 0.2) is 53.4 Å². The lowest BCUT2D eigenvalue weighted by Gasteiger charge is -2.10. The van der Waals surface area contributed by atoms with Gasteiger partial charge in [0, 0.05) is 12.8 Å². The molecule has 0 bridgehead atoms. The molecule has 0 aromatic heterocycles. The number of hydrogen-bond donors (Lipinski definition) is 1. The second-order valence-electron chi connectivity index (χ2n) is 4.99. The van der Waals surface area contributed by atoms with E-state index in [-0.39, 0.29) is 16.1 Å². The highest BCUT2D eigenvalue weighted by molar-refractivity contribution is 7.92. The first-order valence-corrected chi connectivity index (χ1v) is 8.87. The lowest BCUT2D eigenvalue weighted by molar-refractivity contribution is 0.0601. The molecule has 2 rings (SSSR count). The highest BCUT2D eigenvalue weighted by Gasteiger charge is 2.15. The van der Waals surface area contributed by atoms with E-state index in [2.05, 4.69) is 9.46 Å². The summed E-state index contributed by atoms with van der Waals surface area (Å²) in [6, 6.07) is 12.1. The van der Waals surface area contributed by atoms with E-state index in [4.69, 9.17) is 9.47 Å². The number of anilines is 1. The van der Waals surface area contributed by atoms with Crippen molar-refractivity contribution in [2.45, 2.75) is 4.90 Å². The Morgan fingerprint density at radius 3 is 2.40 bits per heavy atom. The maximum atomic E-state index is 12.4. The number of carbonyl (C=O) groups is 1. The topological polar surface area (TPSA) is 90.9 Å². The Morgan fingerprint density at radius 2 is 1.76 bits per heavy atom. The molecule has 0 heterocycles. The summed E-state index contributed by atoms with van der Waals surface area (Å²) in [6.07, 6.45) is 0. The fraction of sp³-hybridized carbons (Fsp3) is 0.235. The highest BCUT2D eigenvalue weighted by atomic mass is 32.2. The van der Waals surface area contributed by atoms with Crippen molar-refractivity contribution in [3.05, 3.63) is 54.1 Å². The van der Waals surface area contributed by atoms with Crippen LogP contribution in [-0.4, -0.2) is 41.8 Å². The molecular weight excluding hydrogens is 346 g/mol. The van der Waals surface area contributed by atoms with Gasteiger partial charge in [0.2, 0.25) is 0 Å². The Balaban J connectivity index is 2.12. The van der Waals surface area contributed by atoms with Gasteiger partial charge in [0.25, 0.3) is 10.0 Å². The highest BCUT2D eigenvalue weighted by Crippen LogP contribution is 2.20. The first kappa shape index (κ1) is 18.8. The quantitative estimate of drug-likeness (QED) is 0.570. The van der Waals surface area contributed by atoms with E-state index in [1.807, 2.05) is 0 Å². The normalized spacial score (nSPS) is 11.0. The molecule has 134 valence electrons. The van der Waals surface area contributed by atoms with Gasteiger partial charge in [-0.2, -0.15) is 0 Å². The average molecular weight is 365 g/mol. The number of rotatable bonds is 8. The summed E-state index contributed by atoms with van der Waals surface area (Å²) < 4.78 is 42.2. The minimum Gasteiger partial charge on any atom is -0.491 e. The van der Waals surface area contributed by atoms with E-state index in [1.165, 1.54) is 31.4 Å². The molecule has 0 saturated carbocycles. The average Bonchev–Trinajstić information content (AvgIpc) is 2.61. The lowest BCUT2D eigenvalue weighted by atomic mass is 10.2. The molecule has 0 aliphatic rings. The van der Waals surface area contributed by atoms with Crippen LogP contribution in [0.2, 0.25) is 0 Å². The molecule has 0 aliphatic heterocycles. The van der Waals surface area contributed by atoms with E-state index in [1.54, 1.807) is 31.4 Å². The van der Waals surface area contributed by atoms with E-state index >= 15 is 0 Å². The van der Waals surface area contributed by atoms with Crippen LogP contribution in [0.3, 0.4) is 0 Å². The summed E-state index contributed by atoms with van der Waals surface area (Å²) in [7, 11) is -0.958. The number of ether oxygens (including phenoxy) is 3. The van der Waals surface area contributed by atoms with Crippen LogP contribution in [0.1, 0.15) is 10.4 Å². The van der Waals surface area contributed by atoms with Crippen LogP contribution in [0.4, 0.5) is 5.69 Å². The third-order valence-electron chi connectivity index (χ3n) is 3.23. The molecule has 8 heteroatoms. The Morgan fingerprint density at radius 1 is 1.04 bits per heavy atom. The number of hydrogen-bond acceptors (Lipinski definition) is 6. The van der Waals surface area contributed by atoms with Crippen molar-refractivity contribution in [2.75, 3.05) is 32.2 Å². The molecule has 0 aliphatic carbocycles. The number of sulfonamides is 1.